The lowest BCUT2D eigenvalue weighted by molar-refractivity contribution is 1.58. The predicted molar refractivity (Wildman–Crippen MR) is 227 cm³/mol. The first kappa shape index (κ1) is 31.2. The van der Waals surface area contributed by atoms with Gasteiger partial charge in [0.15, 0.2) is 0 Å². The Balaban J connectivity index is 1.25. The van der Waals surface area contributed by atoms with Crippen molar-refractivity contribution in [3.63, 3.8) is 0 Å². The number of benzene rings is 9. The van der Waals surface area contributed by atoms with Gasteiger partial charge in [0, 0.05) is 3.57 Å². The smallest absolute Gasteiger partial charge is 0.0136 e. The highest BCUT2D eigenvalue weighted by Gasteiger charge is 2.21. The van der Waals surface area contributed by atoms with E-state index in [0.29, 0.717) is 0 Å². The van der Waals surface area contributed by atoms with Crippen LogP contribution in [0.4, 0.5) is 0 Å². The molecule has 0 heterocycles. The van der Waals surface area contributed by atoms with E-state index in [9.17, 15) is 0 Å². The molecule has 0 N–H and O–H groups in total. The topological polar surface area (TPSA) is 0 Å². The van der Waals surface area contributed by atoms with Gasteiger partial charge in [0.25, 0.3) is 0 Å². The fourth-order valence-corrected chi connectivity index (χ4v) is 8.07. The number of hydrogen-bond donors (Lipinski definition) is 0. The maximum absolute atomic E-state index is 2.47. The summed E-state index contributed by atoms with van der Waals surface area (Å²) in [7, 11) is 0. The van der Waals surface area contributed by atoms with Crippen molar-refractivity contribution < 1.29 is 0 Å². The van der Waals surface area contributed by atoms with Crippen LogP contribution in [0.2, 0.25) is 0 Å². The summed E-state index contributed by atoms with van der Waals surface area (Å²) in [5.41, 5.74) is 14.8. The van der Waals surface area contributed by atoms with E-state index in [1.165, 1.54) is 91.9 Å². The van der Waals surface area contributed by atoms with Crippen molar-refractivity contribution in [2.45, 2.75) is 0 Å². The van der Waals surface area contributed by atoms with E-state index in [2.05, 4.69) is 223 Å². The van der Waals surface area contributed by atoms with Gasteiger partial charge in [0.1, 0.15) is 0 Å². The van der Waals surface area contributed by atoms with Gasteiger partial charge in [0.2, 0.25) is 0 Å². The molecule has 240 valence electrons. The molecule has 9 aromatic carbocycles. The van der Waals surface area contributed by atoms with Gasteiger partial charge in [-0.05, 0) is 123 Å². The van der Waals surface area contributed by atoms with E-state index in [4.69, 9.17) is 0 Å². The molecule has 1 heteroatoms. The van der Waals surface area contributed by atoms with E-state index in [1.54, 1.807) is 0 Å². The Morgan fingerprint density at radius 2 is 0.569 bits per heavy atom. The molecular weight excluding hydrogens is 727 g/mol. The largest absolute Gasteiger partial charge is 0.0622 e. The van der Waals surface area contributed by atoms with Crippen molar-refractivity contribution in [2.75, 3.05) is 0 Å². The molecule has 0 aliphatic rings. The zero-order valence-electron chi connectivity index (χ0n) is 27.9. The highest BCUT2D eigenvalue weighted by atomic mass is 127. The molecule has 0 atom stereocenters. The maximum atomic E-state index is 2.47. The number of hydrogen-bond acceptors (Lipinski definition) is 0. The van der Waals surface area contributed by atoms with Gasteiger partial charge in [-0.15, -0.1) is 0 Å². The van der Waals surface area contributed by atoms with Crippen molar-refractivity contribution in [1.29, 1.82) is 0 Å². The zero-order chi connectivity index (χ0) is 34.1. The Labute approximate surface area is 312 Å². The molecule has 0 aliphatic heterocycles. The normalized spacial score (nSPS) is 11.2. The molecular formula is C50H33I. The molecule has 0 bridgehead atoms. The minimum absolute atomic E-state index is 1.21. The van der Waals surface area contributed by atoms with Crippen LogP contribution in [-0.4, -0.2) is 0 Å². The summed E-state index contributed by atoms with van der Waals surface area (Å²) in [5, 5.41) is 5.03. The second-order valence-corrected chi connectivity index (χ2v) is 14.2. The number of fused-ring (bicyclic) bond motifs is 2. The Bertz CT molecular complexity index is 2650. The third-order valence-electron chi connectivity index (χ3n) is 9.98. The lowest BCUT2D eigenvalue weighted by atomic mass is 9.82. The molecule has 0 amide bonds. The summed E-state index contributed by atoms with van der Waals surface area (Å²) >= 11 is 2.47. The minimum Gasteiger partial charge on any atom is -0.0622 e. The monoisotopic (exact) mass is 760 g/mol. The Morgan fingerprint density at radius 1 is 0.235 bits per heavy atom. The summed E-state index contributed by atoms with van der Waals surface area (Å²) in [6, 6.07) is 72.9. The highest BCUT2D eigenvalue weighted by Crippen LogP contribution is 2.48. The first-order chi connectivity index (χ1) is 25.2. The quantitative estimate of drug-likeness (QED) is 0.117. The van der Waals surface area contributed by atoms with Crippen LogP contribution in [-0.2, 0) is 0 Å². The first-order valence-electron chi connectivity index (χ1n) is 17.4. The van der Waals surface area contributed by atoms with E-state index < -0.39 is 0 Å². The predicted octanol–water partition coefficient (Wildman–Crippen LogP) is 14.6. The summed E-state index contributed by atoms with van der Waals surface area (Å²) in [5.74, 6) is 0. The van der Waals surface area contributed by atoms with Crippen LogP contribution < -0.4 is 0 Å². The molecule has 51 heavy (non-hydrogen) atoms. The van der Waals surface area contributed by atoms with Crippen LogP contribution in [0.5, 0.6) is 0 Å². The second-order valence-electron chi connectivity index (χ2n) is 13.0. The van der Waals surface area contributed by atoms with Crippen LogP contribution in [0.15, 0.2) is 200 Å². The van der Waals surface area contributed by atoms with Crippen LogP contribution in [0.1, 0.15) is 0 Å². The summed E-state index contributed by atoms with van der Waals surface area (Å²) in [6.07, 6.45) is 0. The molecule has 0 saturated carbocycles. The van der Waals surface area contributed by atoms with Gasteiger partial charge < -0.3 is 0 Å². The Morgan fingerprint density at radius 3 is 1.04 bits per heavy atom. The van der Waals surface area contributed by atoms with Gasteiger partial charge in [-0.1, -0.05) is 188 Å². The molecule has 0 saturated heterocycles. The average Bonchev–Trinajstić information content (AvgIpc) is 3.21. The summed E-state index contributed by atoms with van der Waals surface area (Å²) < 4.78 is 1.22. The minimum atomic E-state index is 1.21. The molecule has 0 unspecified atom stereocenters. The molecule has 0 fully saturated rings. The van der Waals surface area contributed by atoms with Crippen molar-refractivity contribution in [3.8, 4) is 66.8 Å². The fraction of sp³-hybridized carbons (Fsp3) is 0. The van der Waals surface area contributed by atoms with Gasteiger partial charge in [-0.2, -0.15) is 0 Å². The van der Waals surface area contributed by atoms with Crippen LogP contribution in [0, 0.1) is 3.57 Å². The Hall–Kier alpha value is -5.77. The van der Waals surface area contributed by atoms with Crippen molar-refractivity contribution in [3.05, 3.63) is 204 Å². The number of rotatable bonds is 6. The van der Waals surface area contributed by atoms with E-state index >= 15 is 0 Å². The second kappa shape index (κ2) is 13.5. The summed E-state index contributed by atoms with van der Waals surface area (Å²) in [4.78, 5) is 0. The van der Waals surface area contributed by atoms with Crippen LogP contribution >= 0.6 is 22.6 Å². The highest BCUT2D eigenvalue weighted by molar-refractivity contribution is 14.1. The Kier molecular flexibility index (Phi) is 8.27. The van der Waals surface area contributed by atoms with Crippen molar-refractivity contribution in [2.24, 2.45) is 0 Å². The van der Waals surface area contributed by atoms with E-state index in [0.717, 1.165) is 0 Å². The van der Waals surface area contributed by atoms with Crippen molar-refractivity contribution in [1.82, 2.24) is 0 Å². The lowest BCUT2D eigenvalue weighted by Crippen LogP contribution is -1.94. The molecule has 0 spiro atoms. The van der Waals surface area contributed by atoms with Crippen molar-refractivity contribution >= 4 is 44.1 Å². The standard InChI is InChI=1S/C50H33I/c51-40-31-32-47-48(33-40)50(44-20-10-8-18-42(44)39-29-25-37(26-30-39)35-15-5-2-6-16-35)46-22-12-11-21-45(46)49(47)43-19-9-7-17-41(43)38-27-23-36(24-28-38)34-13-3-1-4-14-34/h1-33H. The average molecular weight is 761 g/mol. The molecule has 9 rings (SSSR count). The third kappa shape index (κ3) is 5.84. The molecule has 0 aromatic heterocycles. The van der Waals surface area contributed by atoms with Gasteiger partial charge in [0.05, 0.1) is 0 Å². The lowest BCUT2D eigenvalue weighted by Gasteiger charge is -2.21. The van der Waals surface area contributed by atoms with Gasteiger partial charge in [-0.25, -0.2) is 0 Å². The van der Waals surface area contributed by atoms with Crippen LogP contribution in [0.3, 0.4) is 0 Å². The van der Waals surface area contributed by atoms with Gasteiger partial charge >= 0.3 is 0 Å². The maximum Gasteiger partial charge on any atom is 0.0136 e. The SMILES string of the molecule is Ic1ccc2c(-c3ccccc3-c3ccc(-c4ccccc4)cc3)c3ccccc3c(-c3ccccc3-c3ccc(-c4ccccc4)cc3)c2c1. The molecule has 0 radical (unpaired) electrons. The number of halogens is 1. The summed E-state index contributed by atoms with van der Waals surface area (Å²) in [6.45, 7) is 0. The van der Waals surface area contributed by atoms with E-state index in [1.807, 2.05) is 0 Å². The molecule has 0 aliphatic carbocycles. The molecule has 9 aromatic rings. The third-order valence-corrected chi connectivity index (χ3v) is 10.7. The zero-order valence-corrected chi connectivity index (χ0v) is 30.1. The van der Waals surface area contributed by atoms with Gasteiger partial charge in [-0.3, -0.25) is 0 Å². The van der Waals surface area contributed by atoms with E-state index in [-0.39, 0.29) is 0 Å². The first-order valence-corrected chi connectivity index (χ1v) is 18.5. The fourth-order valence-electron chi connectivity index (χ4n) is 7.58. The van der Waals surface area contributed by atoms with Crippen LogP contribution in [0.25, 0.3) is 88.3 Å². The molecule has 0 nitrogen and oxygen atoms in total.